The Bertz CT molecular complexity index is 1290. The lowest BCUT2D eigenvalue weighted by Gasteiger charge is -2.33. The highest BCUT2D eigenvalue weighted by Gasteiger charge is 2.47. The number of carbonyl (C=O) groups excluding carboxylic acids is 2. The van der Waals surface area contributed by atoms with Crippen LogP contribution in [0.25, 0.3) is 0 Å². The molecule has 0 fully saturated rings. The number of halogens is 6. The van der Waals surface area contributed by atoms with Crippen molar-refractivity contribution in [3.8, 4) is 0 Å². The molecule has 9 nitrogen and oxygen atoms in total. The van der Waals surface area contributed by atoms with Gasteiger partial charge in [0.1, 0.15) is 18.8 Å². The van der Waals surface area contributed by atoms with E-state index in [1.54, 1.807) is 0 Å². The Balaban J connectivity index is 2.45. The van der Waals surface area contributed by atoms with E-state index in [1.807, 2.05) is 0 Å². The van der Waals surface area contributed by atoms with Crippen molar-refractivity contribution in [2.75, 3.05) is 19.5 Å². The quantitative estimate of drug-likeness (QED) is 0.396. The maximum absolute atomic E-state index is 15.3. The highest BCUT2D eigenvalue weighted by atomic mass is 35.5. The molecular weight excluding hydrogens is 529 g/mol. The lowest BCUT2D eigenvalue weighted by atomic mass is 9.77. The number of nitrogens with zero attached hydrogens (tertiary/aromatic N) is 3. The summed E-state index contributed by atoms with van der Waals surface area (Å²) in [7, 11) is 0.894. The summed E-state index contributed by atoms with van der Waals surface area (Å²) in [4.78, 5) is 29.8. The van der Waals surface area contributed by atoms with Crippen LogP contribution in [-0.4, -0.2) is 46.6 Å². The van der Waals surface area contributed by atoms with E-state index in [0.717, 1.165) is 18.1 Å². The number of esters is 2. The number of hydrogen-bond acceptors (Lipinski definition) is 8. The lowest BCUT2D eigenvalue weighted by Crippen LogP contribution is -2.37. The molecule has 3 rings (SSSR count). The van der Waals surface area contributed by atoms with Gasteiger partial charge < -0.3 is 20.5 Å². The van der Waals surface area contributed by atoms with Crippen molar-refractivity contribution in [2.45, 2.75) is 38.6 Å². The third kappa shape index (κ3) is 5.68. The van der Waals surface area contributed by atoms with Crippen LogP contribution in [0, 0.1) is 5.82 Å². The van der Waals surface area contributed by atoms with Crippen LogP contribution in [0.4, 0.5) is 27.9 Å². The molecule has 37 heavy (non-hydrogen) atoms. The first kappa shape index (κ1) is 27.9. The van der Waals surface area contributed by atoms with Crippen molar-refractivity contribution in [1.29, 1.82) is 0 Å². The second kappa shape index (κ2) is 10.7. The SMILES string of the molecule is COC(=O)C1=C(CF)NC(Cn2cnc(N)n2)=C(C(=O)OC(C)C)C1c1c(F)ccc(Cl)c1C(F)(F)F. The van der Waals surface area contributed by atoms with Crippen LogP contribution >= 0.6 is 11.6 Å². The number of nitrogen functional groups attached to an aromatic ring is 1. The average molecular weight is 550 g/mol. The van der Waals surface area contributed by atoms with E-state index in [1.165, 1.54) is 13.8 Å². The summed E-state index contributed by atoms with van der Waals surface area (Å²) in [6, 6.07) is 1.32. The Morgan fingerprint density at radius 2 is 1.86 bits per heavy atom. The van der Waals surface area contributed by atoms with Gasteiger partial charge in [-0.25, -0.2) is 28.0 Å². The van der Waals surface area contributed by atoms with Gasteiger partial charge in [0.15, 0.2) is 0 Å². The number of carbonyl (C=O) groups is 2. The van der Waals surface area contributed by atoms with Crippen LogP contribution in [0.1, 0.15) is 30.9 Å². The summed E-state index contributed by atoms with van der Waals surface area (Å²) in [6.07, 6.45) is -4.87. The standard InChI is InChI=1S/C22H21ClF5N5O4/c1-9(2)37-20(35)16-13(7-33-8-30-21(29)32-33)31-12(6-24)15(19(34)36-3)17(16)14-11(25)5-4-10(23)18(14)22(26,27)28/h4-5,8-9,17,31H,6-7H2,1-3H3,(H2,29,32). The summed E-state index contributed by atoms with van der Waals surface area (Å²) in [5.41, 5.74) is 0.483. The van der Waals surface area contributed by atoms with Gasteiger partial charge in [-0.2, -0.15) is 13.2 Å². The predicted molar refractivity (Wildman–Crippen MR) is 120 cm³/mol. The predicted octanol–water partition coefficient (Wildman–Crippen LogP) is 3.66. The van der Waals surface area contributed by atoms with E-state index in [2.05, 4.69) is 20.1 Å². The number of anilines is 1. The molecule has 0 spiro atoms. The molecule has 1 unspecified atom stereocenters. The van der Waals surface area contributed by atoms with Gasteiger partial charge in [0, 0.05) is 11.3 Å². The fourth-order valence-corrected chi connectivity index (χ4v) is 4.15. The summed E-state index contributed by atoms with van der Waals surface area (Å²) >= 11 is 5.84. The van der Waals surface area contributed by atoms with E-state index in [4.69, 9.17) is 22.1 Å². The molecule has 3 N–H and O–H groups in total. The first-order chi connectivity index (χ1) is 17.3. The smallest absolute Gasteiger partial charge is 0.418 e. The fourth-order valence-electron chi connectivity index (χ4n) is 3.88. The van der Waals surface area contributed by atoms with Gasteiger partial charge in [0.05, 0.1) is 53.1 Å². The molecule has 0 radical (unpaired) electrons. The number of ether oxygens (including phenoxy) is 2. The largest absolute Gasteiger partial charge is 0.466 e. The molecule has 0 aliphatic carbocycles. The van der Waals surface area contributed by atoms with Crippen molar-refractivity contribution >= 4 is 29.5 Å². The van der Waals surface area contributed by atoms with Gasteiger partial charge in [-0.3, -0.25) is 0 Å². The van der Waals surface area contributed by atoms with Crippen molar-refractivity contribution in [2.24, 2.45) is 0 Å². The minimum absolute atomic E-state index is 0.170. The zero-order chi connectivity index (χ0) is 27.7. The summed E-state index contributed by atoms with van der Waals surface area (Å²) < 4.78 is 83.1. The third-order valence-corrected chi connectivity index (χ3v) is 5.53. The maximum Gasteiger partial charge on any atom is 0.418 e. The molecule has 1 atom stereocenters. The highest BCUT2D eigenvalue weighted by Crippen LogP contribution is 2.48. The topological polar surface area (TPSA) is 121 Å². The second-order valence-corrected chi connectivity index (χ2v) is 8.44. The Morgan fingerprint density at radius 3 is 2.38 bits per heavy atom. The number of nitrogens with one attached hydrogen (secondary N) is 1. The molecule has 0 bridgehead atoms. The Kier molecular flexibility index (Phi) is 8.10. The van der Waals surface area contributed by atoms with Crippen molar-refractivity contribution in [3.05, 3.63) is 63.0 Å². The molecule has 15 heteroatoms. The monoisotopic (exact) mass is 549 g/mol. The van der Waals surface area contributed by atoms with Crippen LogP contribution in [-0.2, 0) is 31.8 Å². The summed E-state index contributed by atoms with van der Waals surface area (Å²) in [6.45, 7) is 1.10. The number of methoxy groups -OCH3 is 1. The molecule has 0 saturated carbocycles. The summed E-state index contributed by atoms with van der Waals surface area (Å²) in [5.74, 6) is -6.27. The van der Waals surface area contributed by atoms with E-state index in [0.29, 0.717) is 12.1 Å². The molecule has 200 valence electrons. The van der Waals surface area contributed by atoms with Crippen molar-refractivity contribution in [3.63, 3.8) is 0 Å². The zero-order valence-electron chi connectivity index (χ0n) is 19.6. The van der Waals surface area contributed by atoms with Gasteiger partial charge in [0.2, 0.25) is 5.95 Å². The minimum atomic E-state index is -5.23. The van der Waals surface area contributed by atoms with Gasteiger partial charge in [0.25, 0.3) is 0 Å². The van der Waals surface area contributed by atoms with E-state index < -0.39 is 82.2 Å². The number of nitrogens with two attached hydrogens (primary N) is 1. The Morgan fingerprint density at radius 1 is 1.22 bits per heavy atom. The molecule has 1 aliphatic rings. The first-order valence-electron chi connectivity index (χ1n) is 10.6. The van der Waals surface area contributed by atoms with E-state index in [-0.39, 0.29) is 11.6 Å². The molecule has 1 aromatic heterocycles. The van der Waals surface area contributed by atoms with E-state index >= 15 is 4.39 Å². The van der Waals surface area contributed by atoms with Crippen molar-refractivity contribution < 1.29 is 41.0 Å². The van der Waals surface area contributed by atoms with Gasteiger partial charge >= 0.3 is 18.1 Å². The molecule has 1 aromatic carbocycles. The number of dihydropyridines is 1. The number of rotatable bonds is 7. The lowest BCUT2D eigenvalue weighted by molar-refractivity contribution is -0.144. The Labute approximate surface area is 212 Å². The van der Waals surface area contributed by atoms with Gasteiger partial charge in [-0.1, -0.05) is 11.6 Å². The average Bonchev–Trinajstić information content (AvgIpc) is 3.22. The van der Waals surface area contributed by atoms with Crippen LogP contribution in [0.15, 0.2) is 41.0 Å². The molecule has 0 saturated heterocycles. The van der Waals surface area contributed by atoms with Crippen LogP contribution in [0.2, 0.25) is 5.02 Å². The molecule has 2 aromatic rings. The molecular formula is C22H21ClF5N5O4. The number of hydrogen-bond donors (Lipinski definition) is 2. The summed E-state index contributed by atoms with van der Waals surface area (Å²) in [5, 5.41) is 5.48. The highest BCUT2D eigenvalue weighted by molar-refractivity contribution is 6.31. The number of allylic oxidation sites excluding steroid dienone is 2. The number of aromatic nitrogens is 3. The number of alkyl halides is 4. The Hall–Kier alpha value is -3.68. The fraction of sp³-hybridized carbons (Fsp3) is 0.364. The zero-order valence-corrected chi connectivity index (χ0v) is 20.4. The van der Waals surface area contributed by atoms with E-state index in [9.17, 15) is 27.2 Å². The maximum atomic E-state index is 15.3. The molecule has 1 aliphatic heterocycles. The molecule has 0 amide bonds. The first-order valence-corrected chi connectivity index (χ1v) is 11.0. The normalized spacial score (nSPS) is 16.2. The third-order valence-electron chi connectivity index (χ3n) is 5.22. The number of benzene rings is 1. The minimum Gasteiger partial charge on any atom is -0.466 e. The van der Waals surface area contributed by atoms with Crippen LogP contribution in [0.5, 0.6) is 0 Å². The molecule has 2 heterocycles. The van der Waals surface area contributed by atoms with Crippen LogP contribution in [0.3, 0.4) is 0 Å². The second-order valence-electron chi connectivity index (χ2n) is 8.04. The van der Waals surface area contributed by atoms with Gasteiger partial charge in [-0.05, 0) is 26.0 Å². The van der Waals surface area contributed by atoms with Gasteiger partial charge in [-0.15, -0.1) is 5.10 Å². The van der Waals surface area contributed by atoms with Crippen molar-refractivity contribution in [1.82, 2.24) is 20.1 Å². The van der Waals surface area contributed by atoms with Crippen LogP contribution < -0.4 is 11.1 Å².